The summed E-state index contributed by atoms with van der Waals surface area (Å²) in [4.78, 5) is 8.93. The summed E-state index contributed by atoms with van der Waals surface area (Å²) in [7, 11) is 0. The fourth-order valence-corrected chi connectivity index (χ4v) is 1.97. The van der Waals surface area contributed by atoms with E-state index in [4.69, 9.17) is 4.74 Å². The van der Waals surface area contributed by atoms with E-state index in [1.807, 2.05) is 44.2 Å². The van der Waals surface area contributed by atoms with Gasteiger partial charge in [0.15, 0.2) is 0 Å². The normalized spacial score (nSPS) is 11.1. The second-order valence-electron chi connectivity index (χ2n) is 6.18. The molecule has 2 rings (SSSR count). The Hall–Kier alpha value is -2.30. The minimum atomic E-state index is -0.0792. The first-order chi connectivity index (χ1) is 10.4. The molecule has 0 unspecified atom stereocenters. The molecule has 0 radical (unpaired) electrons. The number of ether oxygens (including phenoxy) is 1. The number of benzene rings is 1. The van der Waals surface area contributed by atoms with Gasteiger partial charge in [-0.05, 0) is 58.9 Å². The van der Waals surface area contributed by atoms with Gasteiger partial charge in [-0.2, -0.15) is 4.98 Å². The van der Waals surface area contributed by atoms with Gasteiger partial charge in [0.05, 0.1) is 6.61 Å². The van der Waals surface area contributed by atoms with E-state index in [0.717, 1.165) is 22.9 Å². The van der Waals surface area contributed by atoms with Crippen molar-refractivity contribution >= 4 is 17.5 Å². The van der Waals surface area contributed by atoms with E-state index in [-0.39, 0.29) is 5.54 Å². The Labute approximate surface area is 132 Å². The highest BCUT2D eigenvalue weighted by molar-refractivity contribution is 5.58. The zero-order chi connectivity index (χ0) is 16.2. The first kappa shape index (κ1) is 16.1. The molecule has 22 heavy (non-hydrogen) atoms. The van der Waals surface area contributed by atoms with Crippen LogP contribution >= 0.6 is 0 Å². The molecule has 1 heterocycles. The maximum absolute atomic E-state index is 5.44. The highest BCUT2D eigenvalue weighted by Crippen LogP contribution is 2.21. The summed E-state index contributed by atoms with van der Waals surface area (Å²) in [6, 6.07) is 9.74. The van der Waals surface area contributed by atoms with E-state index in [1.165, 1.54) is 0 Å². The molecule has 0 aliphatic heterocycles. The Morgan fingerprint density at radius 3 is 2.36 bits per heavy atom. The number of nitrogens with zero attached hydrogens (tertiary/aromatic N) is 2. The molecule has 5 heteroatoms. The number of hydrogen-bond donors (Lipinski definition) is 2. The van der Waals surface area contributed by atoms with Crippen LogP contribution in [-0.4, -0.2) is 22.1 Å². The lowest BCUT2D eigenvalue weighted by atomic mass is 10.1. The third kappa shape index (κ3) is 4.91. The van der Waals surface area contributed by atoms with Crippen molar-refractivity contribution in [1.29, 1.82) is 0 Å². The van der Waals surface area contributed by atoms with Crippen LogP contribution in [0.25, 0.3) is 0 Å². The molecule has 2 N–H and O–H groups in total. The smallest absolute Gasteiger partial charge is 0.225 e. The van der Waals surface area contributed by atoms with Gasteiger partial charge in [-0.1, -0.05) is 0 Å². The molecule has 1 aromatic carbocycles. The SMILES string of the molecule is CCOc1ccc(Nc2cc(C)nc(NC(C)(C)C)n2)cc1. The summed E-state index contributed by atoms with van der Waals surface area (Å²) in [5.41, 5.74) is 1.79. The van der Waals surface area contributed by atoms with Gasteiger partial charge in [0.1, 0.15) is 11.6 Å². The van der Waals surface area contributed by atoms with Crippen molar-refractivity contribution in [1.82, 2.24) is 9.97 Å². The largest absolute Gasteiger partial charge is 0.494 e. The average Bonchev–Trinajstić information content (AvgIpc) is 2.38. The fourth-order valence-electron chi connectivity index (χ4n) is 1.97. The van der Waals surface area contributed by atoms with Crippen LogP contribution in [0.5, 0.6) is 5.75 Å². The predicted molar refractivity (Wildman–Crippen MR) is 91.0 cm³/mol. The van der Waals surface area contributed by atoms with Crippen molar-refractivity contribution in [2.75, 3.05) is 17.2 Å². The van der Waals surface area contributed by atoms with Crippen molar-refractivity contribution in [2.24, 2.45) is 0 Å². The van der Waals surface area contributed by atoms with Crippen molar-refractivity contribution in [3.05, 3.63) is 36.0 Å². The number of aryl methyl sites for hydroxylation is 1. The first-order valence-electron chi connectivity index (χ1n) is 7.49. The van der Waals surface area contributed by atoms with Gasteiger partial charge in [-0.25, -0.2) is 4.98 Å². The maximum atomic E-state index is 5.44. The summed E-state index contributed by atoms with van der Waals surface area (Å²) in [5, 5.41) is 6.59. The molecule has 0 spiro atoms. The molecule has 2 aromatic rings. The average molecular weight is 300 g/mol. The van der Waals surface area contributed by atoms with Crippen LogP contribution in [0.1, 0.15) is 33.4 Å². The highest BCUT2D eigenvalue weighted by atomic mass is 16.5. The van der Waals surface area contributed by atoms with Crippen molar-refractivity contribution in [3.8, 4) is 5.75 Å². The summed E-state index contributed by atoms with van der Waals surface area (Å²) in [6.07, 6.45) is 0. The highest BCUT2D eigenvalue weighted by Gasteiger charge is 2.12. The van der Waals surface area contributed by atoms with Gasteiger partial charge < -0.3 is 15.4 Å². The number of aromatic nitrogens is 2. The molecule has 0 saturated heterocycles. The lowest BCUT2D eigenvalue weighted by molar-refractivity contribution is 0.340. The van der Waals surface area contributed by atoms with Crippen LogP contribution in [0.4, 0.5) is 17.5 Å². The summed E-state index contributed by atoms with van der Waals surface area (Å²) < 4.78 is 5.44. The Kier molecular flexibility index (Phi) is 4.85. The molecule has 118 valence electrons. The Balaban J connectivity index is 2.15. The number of anilines is 3. The van der Waals surface area contributed by atoms with Crippen LogP contribution in [0.15, 0.2) is 30.3 Å². The molecule has 0 atom stereocenters. The van der Waals surface area contributed by atoms with E-state index < -0.39 is 0 Å². The van der Waals surface area contributed by atoms with Crippen LogP contribution in [0, 0.1) is 6.92 Å². The number of nitrogens with one attached hydrogen (secondary N) is 2. The van der Waals surface area contributed by atoms with Gasteiger partial charge in [-0.15, -0.1) is 0 Å². The van der Waals surface area contributed by atoms with Gasteiger partial charge in [-0.3, -0.25) is 0 Å². The Morgan fingerprint density at radius 1 is 1.09 bits per heavy atom. The first-order valence-corrected chi connectivity index (χ1v) is 7.49. The molecule has 0 bridgehead atoms. The van der Waals surface area contributed by atoms with E-state index in [0.29, 0.717) is 12.6 Å². The monoisotopic (exact) mass is 300 g/mol. The van der Waals surface area contributed by atoms with E-state index >= 15 is 0 Å². The zero-order valence-corrected chi connectivity index (χ0v) is 13.9. The molecule has 0 aliphatic carbocycles. The third-order valence-corrected chi connectivity index (χ3v) is 2.78. The topological polar surface area (TPSA) is 59.1 Å². The molecule has 5 nitrogen and oxygen atoms in total. The zero-order valence-electron chi connectivity index (χ0n) is 13.9. The second-order valence-corrected chi connectivity index (χ2v) is 6.18. The summed E-state index contributed by atoms with van der Waals surface area (Å²) in [6.45, 7) is 10.8. The van der Waals surface area contributed by atoms with E-state index in [9.17, 15) is 0 Å². The molecular weight excluding hydrogens is 276 g/mol. The number of rotatable bonds is 5. The molecule has 1 aromatic heterocycles. The Bertz CT molecular complexity index is 618. The van der Waals surface area contributed by atoms with Gasteiger partial charge in [0.2, 0.25) is 5.95 Å². The third-order valence-electron chi connectivity index (χ3n) is 2.78. The van der Waals surface area contributed by atoms with E-state index in [2.05, 4.69) is 41.4 Å². The standard InChI is InChI=1S/C17H24N4O/c1-6-22-14-9-7-13(8-10-14)19-15-11-12(2)18-16(20-15)21-17(3,4)5/h7-11H,6H2,1-5H3,(H2,18,19,20,21). The molecule has 0 aliphatic rings. The minimum Gasteiger partial charge on any atom is -0.494 e. The number of hydrogen-bond acceptors (Lipinski definition) is 5. The second kappa shape index (κ2) is 6.64. The quantitative estimate of drug-likeness (QED) is 0.869. The fraction of sp³-hybridized carbons (Fsp3) is 0.412. The van der Waals surface area contributed by atoms with Crippen LogP contribution < -0.4 is 15.4 Å². The molecule has 0 amide bonds. The van der Waals surface area contributed by atoms with Crippen molar-refractivity contribution in [2.45, 2.75) is 40.2 Å². The minimum absolute atomic E-state index is 0.0792. The van der Waals surface area contributed by atoms with Crippen molar-refractivity contribution in [3.63, 3.8) is 0 Å². The van der Waals surface area contributed by atoms with Crippen LogP contribution in [0.3, 0.4) is 0 Å². The van der Waals surface area contributed by atoms with Gasteiger partial charge in [0, 0.05) is 23.0 Å². The van der Waals surface area contributed by atoms with Gasteiger partial charge >= 0.3 is 0 Å². The lowest BCUT2D eigenvalue weighted by Crippen LogP contribution is -2.27. The van der Waals surface area contributed by atoms with Crippen LogP contribution in [0.2, 0.25) is 0 Å². The maximum Gasteiger partial charge on any atom is 0.225 e. The molecular formula is C17H24N4O. The summed E-state index contributed by atoms with van der Waals surface area (Å²) in [5.74, 6) is 2.26. The van der Waals surface area contributed by atoms with Gasteiger partial charge in [0.25, 0.3) is 0 Å². The van der Waals surface area contributed by atoms with Crippen molar-refractivity contribution < 1.29 is 4.74 Å². The molecule has 0 fully saturated rings. The van der Waals surface area contributed by atoms with E-state index in [1.54, 1.807) is 0 Å². The summed E-state index contributed by atoms with van der Waals surface area (Å²) >= 11 is 0. The predicted octanol–water partition coefficient (Wildman–Crippen LogP) is 4.14. The van der Waals surface area contributed by atoms with Crippen LogP contribution in [-0.2, 0) is 0 Å². The lowest BCUT2D eigenvalue weighted by Gasteiger charge is -2.21. The Morgan fingerprint density at radius 2 is 1.77 bits per heavy atom. The molecule has 0 saturated carbocycles.